The van der Waals surface area contributed by atoms with Crippen molar-refractivity contribution in [2.45, 2.75) is 15.7 Å². The second kappa shape index (κ2) is 6.35. The third-order valence-electron chi connectivity index (χ3n) is 1.98. The van der Waals surface area contributed by atoms with Crippen molar-refractivity contribution in [2.24, 2.45) is 0 Å². The smallest absolute Gasteiger partial charge is 0.174 e. The van der Waals surface area contributed by atoms with Crippen LogP contribution in [0.25, 0.3) is 0 Å². The molecule has 1 aromatic heterocycles. The van der Waals surface area contributed by atoms with Crippen LogP contribution in [0.5, 0.6) is 0 Å². The highest BCUT2D eigenvalue weighted by Crippen LogP contribution is 2.30. The van der Waals surface area contributed by atoms with Crippen molar-refractivity contribution < 1.29 is 4.74 Å². The second-order valence-electron chi connectivity index (χ2n) is 3.28. The highest BCUT2D eigenvalue weighted by Gasteiger charge is 2.06. The topological polar surface area (TPSA) is 35.0 Å². The van der Waals surface area contributed by atoms with Crippen LogP contribution in [0.1, 0.15) is 5.82 Å². The van der Waals surface area contributed by atoms with Crippen molar-refractivity contribution in [1.82, 2.24) is 9.36 Å². The van der Waals surface area contributed by atoms with Crippen LogP contribution in [0.3, 0.4) is 0 Å². The Labute approximate surface area is 113 Å². The molecule has 0 saturated carbocycles. The van der Waals surface area contributed by atoms with Gasteiger partial charge in [-0.25, -0.2) is 4.98 Å². The molecule has 17 heavy (non-hydrogen) atoms. The standard InChI is InChI=1S/C11H11ClN2OS2/c1-15-6-5-10-13-11(17-14-10)16-9-4-2-3-8(12)7-9/h2-4,7H,5-6H2,1H3. The molecule has 0 fully saturated rings. The molecule has 6 heteroatoms. The number of hydrogen-bond acceptors (Lipinski definition) is 5. The number of methoxy groups -OCH3 is 1. The van der Waals surface area contributed by atoms with Gasteiger partial charge in [0, 0.05) is 23.4 Å². The van der Waals surface area contributed by atoms with Crippen molar-refractivity contribution in [3.05, 3.63) is 35.1 Å². The van der Waals surface area contributed by atoms with E-state index in [4.69, 9.17) is 16.3 Å². The van der Waals surface area contributed by atoms with Gasteiger partial charge >= 0.3 is 0 Å². The second-order valence-corrected chi connectivity index (χ2v) is 5.79. The lowest BCUT2D eigenvalue weighted by atomic mass is 10.4. The number of aromatic nitrogens is 2. The Kier molecular flexibility index (Phi) is 4.79. The Hall–Kier alpha value is -0.620. The van der Waals surface area contributed by atoms with Crippen molar-refractivity contribution in [1.29, 1.82) is 0 Å². The maximum Gasteiger partial charge on any atom is 0.174 e. The molecule has 0 radical (unpaired) electrons. The van der Waals surface area contributed by atoms with E-state index in [9.17, 15) is 0 Å². The minimum absolute atomic E-state index is 0.651. The summed E-state index contributed by atoms with van der Waals surface area (Å²) < 4.78 is 10.2. The van der Waals surface area contributed by atoms with Crippen molar-refractivity contribution in [3.8, 4) is 0 Å². The fraction of sp³-hybridized carbons (Fsp3) is 0.273. The molecular formula is C11H11ClN2OS2. The number of benzene rings is 1. The summed E-state index contributed by atoms with van der Waals surface area (Å²) in [7, 11) is 1.67. The van der Waals surface area contributed by atoms with Gasteiger partial charge in [0.15, 0.2) is 4.34 Å². The molecule has 0 aliphatic heterocycles. The Bertz CT molecular complexity index is 490. The number of nitrogens with zero attached hydrogens (tertiary/aromatic N) is 2. The fourth-order valence-corrected chi connectivity index (χ4v) is 3.16. The molecule has 3 nitrogen and oxygen atoms in total. The maximum atomic E-state index is 5.92. The lowest BCUT2D eigenvalue weighted by molar-refractivity contribution is 0.200. The maximum absolute atomic E-state index is 5.92. The minimum atomic E-state index is 0.651. The first-order valence-electron chi connectivity index (χ1n) is 5.03. The van der Waals surface area contributed by atoms with E-state index >= 15 is 0 Å². The molecule has 0 N–H and O–H groups in total. The van der Waals surface area contributed by atoms with Gasteiger partial charge in [0.1, 0.15) is 5.82 Å². The summed E-state index contributed by atoms with van der Waals surface area (Å²) in [5.41, 5.74) is 0. The van der Waals surface area contributed by atoms with Crippen LogP contribution in [0.2, 0.25) is 5.02 Å². The minimum Gasteiger partial charge on any atom is -0.384 e. The SMILES string of the molecule is COCCc1nsc(Sc2cccc(Cl)c2)n1. The van der Waals surface area contributed by atoms with Gasteiger partial charge in [0.05, 0.1) is 6.61 Å². The first kappa shape index (κ1) is 12.8. The molecule has 90 valence electrons. The summed E-state index contributed by atoms with van der Waals surface area (Å²) in [6, 6.07) is 7.71. The molecule has 0 atom stereocenters. The van der Waals surface area contributed by atoms with E-state index in [1.54, 1.807) is 18.9 Å². The van der Waals surface area contributed by atoms with Gasteiger partial charge in [-0.15, -0.1) is 0 Å². The van der Waals surface area contributed by atoms with E-state index in [2.05, 4.69) is 9.36 Å². The fourth-order valence-electron chi connectivity index (χ4n) is 1.21. The predicted octanol–water partition coefficient (Wildman–Crippen LogP) is 3.53. The average Bonchev–Trinajstić information content (AvgIpc) is 2.74. The van der Waals surface area contributed by atoms with Gasteiger partial charge in [-0.05, 0) is 29.7 Å². The summed E-state index contributed by atoms with van der Waals surface area (Å²) in [6.07, 6.45) is 0.753. The van der Waals surface area contributed by atoms with Crippen LogP contribution in [0.15, 0.2) is 33.5 Å². The highest BCUT2D eigenvalue weighted by molar-refractivity contribution is 8.01. The zero-order valence-electron chi connectivity index (χ0n) is 9.22. The molecule has 0 aliphatic carbocycles. The number of ether oxygens (including phenoxy) is 1. The monoisotopic (exact) mass is 286 g/mol. The van der Waals surface area contributed by atoms with Crippen LogP contribution < -0.4 is 0 Å². The van der Waals surface area contributed by atoms with Crippen molar-refractivity contribution in [3.63, 3.8) is 0 Å². The molecule has 2 rings (SSSR count). The van der Waals surface area contributed by atoms with Crippen LogP contribution >= 0.6 is 34.9 Å². The summed E-state index contributed by atoms with van der Waals surface area (Å²) >= 11 is 8.90. The van der Waals surface area contributed by atoms with E-state index in [1.807, 2.05) is 24.3 Å². The van der Waals surface area contributed by atoms with Gasteiger partial charge in [0.25, 0.3) is 0 Å². The number of halogens is 1. The number of rotatable bonds is 5. The van der Waals surface area contributed by atoms with Crippen LogP contribution in [0, 0.1) is 0 Å². The molecule has 0 spiro atoms. The third kappa shape index (κ3) is 3.96. The Morgan fingerprint density at radius 2 is 2.35 bits per heavy atom. The van der Waals surface area contributed by atoms with Crippen molar-refractivity contribution >= 4 is 34.9 Å². The van der Waals surface area contributed by atoms with Crippen LogP contribution in [-0.2, 0) is 11.2 Å². The zero-order valence-corrected chi connectivity index (χ0v) is 11.6. The van der Waals surface area contributed by atoms with E-state index in [-0.39, 0.29) is 0 Å². The molecule has 2 aromatic rings. The van der Waals surface area contributed by atoms with Gasteiger partial charge in [-0.1, -0.05) is 29.4 Å². The van der Waals surface area contributed by atoms with E-state index in [0.717, 1.165) is 26.5 Å². The van der Waals surface area contributed by atoms with Crippen molar-refractivity contribution in [2.75, 3.05) is 13.7 Å². The van der Waals surface area contributed by atoms with Gasteiger partial charge in [-0.3, -0.25) is 0 Å². The zero-order chi connectivity index (χ0) is 12.1. The van der Waals surface area contributed by atoms with Gasteiger partial charge in [-0.2, -0.15) is 4.37 Å². The molecule has 1 aromatic carbocycles. The summed E-state index contributed by atoms with van der Waals surface area (Å²) in [4.78, 5) is 5.50. The third-order valence-corrected chi connectivity index (χ3v) is 3.99. The first-order valence-corrected chi connectivity index (χ1v) is 6.99. The molecule has 0 aliphatic rings. The van der Waals surface area contributed by atoms with E-state index < -0.39 is 0 Å². The molecule has 0 bridgehead atoms. The van der Waals surface area contributed by atoms with Crippen LogP contribution in [0.4, 0.5) is 0 Å². The molecular weight excluding hydrogens is 276 g/mol. The normalized spacial score (nSPS) is 10.7. The largest absolute Gasteiger partial charge is 0.384 e. The quantitative estimate of drug-likeness (QED) is 0.842. The van der Waals surface area contributed by atoms with E-state index in [1.165, 1.54) is 11.5 Å². The Morgan fingerprint density at radius 1 is 1.47 bits per heavy atom. The molecule has 0 unspecified atom stereocenters. The van der Waals surface area contributed by atoms with Gasteiger partial charge < -0.3 is 4.74 Å². The molecule has 1 heterocycles. The molecule has 0 saturated heterocycles. The first-order chi connectivity index (χ1) is 8.28. The highest BCUT2D eigenvalue weighted by atomic mass is 35.5. The van der Waals surface area contributed by atoms with Gasteiger partial charge in [0.2, 0.25) is 0 Å². The summed E-state index contributed by atoms with van der Waals surface area (Å²) in [5, 5.41) is 0.735. The summed E-state index contributed by atoms with van der Waals surface area (Å²) in [6.45, 7) is 0.651. The predicted molar refractivity (Wildman–Crippen MR) is 71.1 cm³/mol. The lowest BCUT2D eigenvalue weighted by Gasteiger charge is -1.97. The van der Waals surface area contributed by atoms with Crippen LogP contribution in [-0.4, -0.2) is 23.1 Å². The lowest BCUT2D eigenvalue weighted by Crippen LogP contribution is -1.95. The average molecular weight is 287 g/mol. The van der Waals surface area contributed by atoms with E-state index in [0.29, 0.717) is 6.61 Å². The Morgan fingerprint density at radius 3 is 3.12 bits per heavy atom. The summed E-state index contributed by atoms with van der Waals surface area (Å²) in [5.74, 6) is 0.835. The number of hydrogen-bond donors (Lipinski definition) is 0. The Balaban J connectivity index is 2.01. The molecule has 0 amide bonds.